The molecule has 1 saturated heterocycles. The van der Waals surface area contributed by atoms with Gasteiger partial charge in [-0.15, -0.1) is 0 Å². The minimum atomic E-state index is 0.102. The van der Waals surface area contributed by atoms with Crippen molar-refractivity contribution in [2.24, 2.45) is 0 Å². The Hall–Kier alpha value is -1.10. The zero-order valence-corrected chi connectivity index (χ0v) is 12.3. The Morgan fingerprint density at radius 2 is 1.63 bits per heavy atom. The summed E-state index contributed by atoms with van der Waals surface area (Å²) in [4.78, 5) is 26.8. The van der Waals surface area contributed by atoms with Crippen LogP contribution < -0.4 is 5.32 Å². The lowest BCUT2D eigenvalue weighted by atomic mass is 10.2. The molecule has 1 rings (SSSR count). The Labute approximate surface area is 116 Å². The fourth-order valence-electron chi connectivity index (χ4n) is 2.25. The number of hydrogen-bond donors (Lipinski definition) is 1. The molecule has 0 aromatic heterocycles. The van der Waals surface area contributed by atoms with Gasteiger partial charge in [0.2, 0.25) is 11.8 Å². The molecule has 1 aliphatic heterocycles. The summed E-state index contributed by atoms with van der Waals surface area (Å²) in [5.74, 6) is 0.302. The quantitative estimate of drug-likeness (QED) is 0.697. The Morgan fingerprint density at radius 3 is 2.21 bits per heavy atom. The number of carbonyl (C=O) groups is 2. The summed E-state index contributed by atoms with van der Waals surface area (Å²) >= 11 is 0. The standard InChI is InChI=1S/C14H27N3O2/c1-3-4-5-7-15-8-6-14(19)17-11-9-16(10-12-17)13(2)18/h15H,3-12H2,1-2H3. The van der Waals surface area contributed by atoms with E-state index in [0.29, 0.717) is 32.6 Å². The van der Waals surface area contributed by atoms with Crippen molar-refractivity contribution in [2.45, 2.75) is 39.5 Å². The molecule has 1 fully saturated rings. The third-order valence-corrected chi connectivity index (χ3v) is 3.55. The van der Waals surface area contributed by atoms with Crippen molar-refractivity contribution in [1.29, 1.82) is 0 Å². The van der Waals surface area contributed by atoms with Gasteiger partial charge in [0.05, 0.1) is 0 Å². The van der Waals surface area contributed by atoms with Gasteiger partial charge >= 0.3 is 0 Å². The first-order valence-electron chi connectivity index (χ1n) is 7.39. The van der Waals surface area contributed by atoms with Gasteiger partial charge in [-0.05, 0) is 13.0 Å². The van der Waals surface area contributed by atoms with Crippen LogP contribution in [-0.2, 0) is 9.59 Å². The number of unbranched alkanes of at least 4 members (excludes halogenated alkanes) is 2. The first-order chi connectivity index (χ1) is 9.15. The molecule has 1 aliphatic rings. The van der Waals surface area contributed by atoms with E-state index in [0.717, 1.165) is 13.1 Å². The molecule has 2 amide bonds. The topological polar surface area (TPSA) is 52.7 Å². The minimum absolute atomic E-state index is 0.102. The minimum Gasteiger partial charge on any atom is -0.339 e. The van der Waals surface area contributed by atoms with Crippen molar-refractivity contribution in [3.05, 3.63) is 0 Å². The van der Waals surface area contributed by atoms with Crippen LogP contribution in [0.4, 0.5) is 0 Å². The van der Waals surface area contributed by atoms with E-state index in [4.69, 9.17) is 0 Å². The number of rotatable bonds is 7. The maximum absolute atomic E-state index is 11.9. The Kier molecular flexibility index (Phi) is 7.48. The molecule has 0 aromatic carbocycles. The fourth-order valence-corrected chi connectivity index (χ4v) is 2.25. The highest BCUT2D eigenvalue weighted by Gasteiger charge is 2.21. The Balaban J connectivity index is 2.09. The number of piperazine rings is 1. The number of carbonyl (C=O) groups excluding carboxylic acids is 2. The van der Waals surface area contributed by atoms with Crippen LogP contribution in [0.2, 0.25) is 0 Å². The van der Waals surface area contributed by atoms with Crippen LogP contribution in [0.5, 0.6) is 0 Å². The second kappa shape index (κ2) is 8.91. The predicted molar refractivity (Wildman–Crippen MR) is 75.8 cm³/mol. The van der Waals surface area contributed by atoms with Gasteiger partial charge in [0.25, 0.3) is 0 Å². The summed E-state index contributed by atoms with van der Waals surface area (Å²) in [7, 11) is 0. The molecule has 0 radical (unpaired) electrons. The van der Waals surface area contributed by atoms with E-state index >= 15 is 0 Å². The molecule has 1 N–H and O–H groups in total. The van der Waals surface area contributed by atoms with Crippen molar-refractivity contribution in [2.75, 3.05) is 39.3 Å². The average molecular weight is 269 g/mol. The second-order valence-corrected chi connectivity index (χ2v) is 5.09. The first-order valence-corrected chi connectivity index (χ1v) is 7.39. The molecule has 0 aromatic rings. The van der Waals surface area contributed by atoms with Crippen molar-refractivity contribution in [3.63, 3.8) is 0 Å². The maximum atomic E-state index is 11.9. The lowest BCUT2D eigenvalue weighted by Crippen LogP contribution is -2.50. The smallest absolute Gasteiger partial charge is 0.223 e. The predicted octanol–water partition coefficient (Wildman–Crippen LogP) is 0.847. The van der Waals surface area contributed by atoms with Gasteiger partial charge in [-0.25, -0.2) is 0 Å². The normalized spacial score (nSPS) is 15.7. The Morgan fingerprint density at radius 1 is 1.00 bits per heavy atom. The van der Waals surface area contributed by atoms with Gasteiger partial charge in [-0.1, -0.05) is 19.8 Å². The van der Waals surface area contributed by atoms with Gasteiger partial charge < -0.3 is 15.1 Å². The van der Waals surface area contributed by atoms with E-state index in [1.807, 2.05) is 4.90 Å². The number of nitrogens with one attached hydrogen (secondary N) is 1. The van der Waals surface area contributed by atoms with Crippen LogP contribution in [0.3, 0.4) is 0 Å². The zero-order valence-electron chi connectivity index (χ0n) is 12.3. The van der Waals surface area contributed by atoms with Gasteiger partial charge in [-0.3, -0.25) is 9.59 Å². The first kappa shape index (κ1) is 16.0. The summed E-state index contributed by atoms with van der Waals surface area (Å²) in [5, 5.41) is 3.31. The van der Waals surface area contributed by atoms with E-state index < -0.39 is 0 Å². The summed E-state index contributed by atoms with van der Waals surface area (Å²) < 4.78 is 0. The summed E-state index contributed by atoms with van der Waals surface area (Å²) in [6.45, 7) is 8.22. The van der Waals surface area contributed by atoms with Crippen molar-refractivity contribution >= 4 is 11.8 Å². The molecule has 5 nitrogen and oxygen atoms in total. The van der Waals surface area contributed by atoms with E-state index in [1.165, 1.54) is 19.3 Å². The van der Waals surface area contributed by atoms with Gasteiger partial charge in [-0.2, -0.15) is 0 Å². The van der Waals surface area contributed by atoms with Crippen LogP contribution in [0.15, 0.2) is 0 Å². The van der Waals surface area contributed by atoms with Crippen LogP contribution >= 0.6 is 0 Å². The molecule has 0 aliphatic carbocycles. The van der Waals surface area contributed by atoms with Crippen molar-refractivity contribution < 1.29 is 9.59 Å². The van der Waals surface area contributed by atoms with Gasteiger partial charge in [0.15, 0.2) is 0 Å². The molecule has 0 atom stereocenters. The third kappa shape index (κ3) is 6.05. The van der Waals surface area contributed by atoms with Crippen LogP contribution in [-0.4, -0.2) is 60.9 Å². The van der Waals surface area contributed by atoms with Crippen LogP contribution in [0.1, 0.15) is 39.5 Å². The highest BCUT2D eigenvalue weighted by Crippen LogP contribution is 2.03. The van der Waals surface area contributed by atoms with Crippen LogP contribution in [0, 0.1) is 0 Å². The van der Waals surface area contributed by atoms with E-state index in [-0.39, 0.29) is 11.8 Å². The molecule has 0 saturated carbocycles. The second-order valence-electron chi connectivity index (χ2n) is 5.09. The molecule has 0 unspecified atom stereocenters. The molecular weight excluding hydrogens is 242 g/mol. The molecular formula is C14H27N3O2. The molecule has 0 spiro atoms. The molecule has 19 heavy (non-hydrogen) atoms. The average Bonchev–Trinajstić information content (AvgIpc) is 2.42. The van der Waals surface area contributed by atoms with E-state index in [9.17, 15) is 9.59 Å². The summed E-state index contributed by atoms with van der Waals surface area (Å²) in [6.07, 6.45) is 4.21. The number of amides is 2. The lowest BCUT2D eigenvalue weighted by molar-refractivity contribution is -0.138. The number of hydrogen-bond acceptors (Lipinski definition) is 3. The summed E-state index contributed by atoms with van der Waals surface area (Å²) in [6, 6.07) is 0. The van der Waals surface area contributed by atoms with Gasteiger partial charge in [0.1, 0.15) is 0 Å². The molecule has 0 bridgehead atoms. The van der Waals surface area contributed by atoms with E-state index in [1.54, 1.807) is 11.8 Å². The van der Waals surface area contributed by atoms with Gasteiger partial charge in [0, 0.05) is 46.1 Å². The van der Waals surface area contributed by atoms with E-state index in [2.05, 4.69) is 12.2 Å². The SMILES string of the molecule is CCCCCNCCC(=O)N1CCN(C(C)=O)CC1. The third-order valence-electron chi connectivity index (χ3n) is 3.55. The fraction of sp³-hybridized carbons (Fsp3) is 0.857. The molecule has 110 valence electrons. The molecule has 1 heterocycles. The maximum Gasteiger partial charge on any atom is 0.223 e. The highest BCUT2D eigenvalue weighted by molar-refractivity contribution is 5.77. The largest absolute Gasteiger partial charge is 0.339 e. The number of nitrogens with zero attached hydrogens (tertiary/aromatic N) is 2. The van der Waals surface area contributed by atoms with Crippen LogP contribution in [0.25, 0.3) is 0 Å². The summed E-state index contributed by atoms with van der Waals surface area (Å²) in [5.41, 5.74) is 0. The van der Waals surface area contributed by atoms with Crippen molar-refractivity contribution in [3.8, 4) is 0 Å². The highest BCUT2D eigenvalue weighted by atomic mass is 16.2. The lowest BCUT2D eigenvalue weighted by Gasteiger charge is -2.34. The Bertz CT molecular complexity index is 286. The molecule has 5 heteroatoms. The monoisotopic (exact) mass is 269 g/mol. The van der Waals surface area contributed by atoms with Crippen molar-refractivity contribution in [1.82, 2.24) is 15.1 Å². The zero-order chi connectivity index (χ0) is 14.1.